The van der Waals surface area contributed by atoms with Crippen LogP contribution in [0.25, 0.3) is 11.3 Å². The first-order valence-electron chi connectivity index (χ1n) is 9.10. The number of nitrogens with one attached hydrogen (secondary N) is 2. The van der Waals surface area contributed by atoms with Crippen LogP contribution in [0, 0.1) is 0 Å². The summed E-state index contributed by atoms with van der Waals surface area (Å²) in [7, 11) is 0. The van der Waals surface area contributed by atoms with Crippen LogP contribution in [-0.4, -0.2) is 10.9 Å². The highest BCUT2D eigenvalue weighted by atomic mass is 35.5. The maximum Gasteiger partial charge on any atom is 0.229 e. The number of thiazole rings is 1. The smallest absolute Gasteiger partial charge is 0.229 e. The van der Waals surface area contributed by atoms with E-state index >= 15 is 0 Å². The molecular formula is C23H18ClN3OS. The van der Waals surface area contributed by atoms with Crippen molar-refractivity contribution in [2.24, 2.45) is 0 Å². The Bertz CT molecular complexity index is 1100. The van der Waals surface area contributed by atoms with Gasteiger partial charge in [-0.15, -0.1) is 11.3 Å². The topological polar surface area (TPSA) is 54.0 Å². The molecule has 0 spiro atoms. The van der Waals surface area contributed by atoms with Crippen LogP contribution < -0.4 is 10.6 Å². The molecule has 0 atom stereocenters. The first kappa shape index (κ1) is 19.2. The molecule has 0 bridgehead atoms. The molecule has 0 unspecified atom stereocenters. The minimum Gasteiger partial charge on any atom is -0.332 e. The number of carbonyl (C=O) groups excluding carboxylic acids is 1. The van der Waals surface area contributed by atoms with Crippen molar-refractivity contribution < 1.29 is 4.79 Å². The lowest BCUT2D eigenvalue weighted by Crippen LogP contribution is -2.14. The van der Waals surface area contributed by atoms with Crippen LogP contribution in [0.3, 0.4) is 0 Å². The second kappa shape index (κ2) is 8.90. The van der Waals surface area contributed by atoms with Gasteiger partial charge in [-0.2, -0.15) is 0 Å². The summed E-state index contributed by atoms with van der Waals surface area (Å²) in [5.74, 6) is -0.0978. The summed E-state index contributed by atoms with van der Waals surface area (Å²) in [4.78, 5) is 18.3. The van der Waals surface area contributed by atoms with Gasteiger partial charge in [0.15, 0.2) is 5.13 Å². The van der Waals surface area contributed by atoms with E-state index in [1.54, 1.807) is 24.3 Å². The fourth-order valence-electron chi connectivity index (χ4n) is 2.88. The Labute approximate surface area is 178 Å². The Morgan fingerprint density at radius 1 is 0.862 bits per heavy atom. The van der Waals surface area contributed by atoms with Gasteiger partial charge in [-0.3, -0.25) is 4.79 Å². The number of hydrogen-bond acceptors (Lipinski definition) is 4. The van der Waals surface area contributed by atoms with Gasteiger partial charge >= 0.3 is 0 Å². The van der Waals surface area contributed by atoms with Crippen molar-refractivity contribution in [1.29, 1.82) is 0 Å². The fourth-order valence-corrected chi connectivity index (χ4v) is 4.00. The van der Waals surface area contributed by atoms with Crippen molar-refractivity contribution in [2.45, 2.75) is 6.42 Å². The minimum atomic E-state index is -0.0978. The van der Waals surface area contributed by atoms with Crippen LogP contribution in [0.15, 0.2) is 84.9 Å². The summed E-state index contributed by atoms with van der Waals surface area (Å²) in [5, 5.41) is 7.63. The van der Waals surface area contributed by atoms with Crippen LogP contribution in [-0.2, 0) is 11.2 Å². The maximum atomic E-state index is 12.6. The zero-order valence-corrected chi connectivity index (χ0v) is 17.0. The Morgan fingerprint density at radius 2 is 1.52 bits per heavy atom. The molecule has 0 radical (unpaired) electrons. The van der Waals surface area contributed by atoms with Gasteiger partial charge in [-0.1, -0.05) is 60.1 Å². The van der Waals surface area contributed by atoms with E-state index in [9.17, 15) is 4.79 Å². The number of anilines is 3. The number of nitrogens with zero attached hydrogens (tertiary/aromatic N) is 1. The van der Waals surface area contributed by atoms with Crippen LogP contribution in [0.5, 0.6) is 0 Å². The fraction of sp³-hybridized carbons (Fsp3) is 0.0435. The number of para-hydroxylation sites is 1. The highest BCUT2D eigenvalue weighted by Gasteiger charge is 2.16. The monoisotopic (exact) mass is 419 g/mol. The lowest BCUT2D eigenvalue weighted by atomic mass is 10.1. The van der Waals surface area contributed by atoms with Gasteiger partial charge in [0.05, 0.1) is 12.1 Å². The first-order chi connectivity index (χ1) is 14.2. The Balaban J connectivity index is 1.58. The highest BCUT2D eigenvalue weighted by molar-refractivity contribution is 7.16. The van der Waals surface area contributed by atoms with Crippen molar-refractivity contribution in [3.8, 4) is 11.3 Å². The largest absolute Gasteiger partial charge is 0.332 e. The highest BCUT2D eigenvalue weighted by Crippen LogP contribution is 2.33. The Hall–Kier alpha value is -3.15. The number of amides is 1. The molecule has 4 nitrogen and oxygen atoms in total. The molecule has 1 heterocycles. The third-order valence-electron chi connectivity index (χ3n) is 4.22. The molecule has 0 aliphatic carbocycles. The zero-order valence-electron chi connectivity index (χ0n) is 15.4. The quantitative estimate of drug-likeness (QED) is 0.380. The molecule has 0 fully saturated rings. The Morgan fingerprint density at radius 3 is 2.21 bits per heavy atom. The molecule has 29 heavy (non-hydrogen) atoms. The van der Waals surface area contributed by atoms with Crippen molar-refractivity contribution >= 4 is 45.4 Å². The molecule has 0 saturated heterocycles. The van der Waals surface area contributed by atoms with Gasteiger partial charge in [0.25, 0.3) is 0 Å². The third kappa shape index (κ3) is 5.02. The van der Waals surface area contributed by atoms with Crippen molar-refractivity contribution in [2.75, 3.05) is 10.6 Å². The number of halogens is 1. The number of benzene rings is 3. The van der Waals surface area contributed by atoms with E-state index < -0.39 is 0 Å². The number of aromatic nitrogens is 1. The van der Waals surface area contributed by atoms with E-state index in [-0.39, 0.29) is 12.3 Å². The molecule has 0 aliphatic rings. The zero-order chi connectivity index (χ0) is 20.1. The molecule has 0 aliphatic heterocycles. The standard InChI is InChI=1S/C23H18ClN3OS/c24-17-11-13-19(14-12-17)25-21(28)15-20-22(16-7-3-1-4-8-16)27-23(29-20)26-18-9-5-2-6-10-18/h1-14H,15H2,(H,25,28)(H,26,27). The second-order valence-corrected chi connectivity index (χ2v) is 7.90. The van der Waals surface area contributed by atoms with E-state index in [0.29, 0.717) is 10.7 Å². The predicted molar refractivity (Wildman–Crippen MR) is 121 cm³/mol. The van der Waals surface area contributed by atoms with Gasteiger partial charge in [-0.05, 0) is 36.4 Å². The molecule has 3 aromatic carbocycles. The van der Waals surface area contributed by atoms with Crippen molar-refractivity contribution in [3.63, 3.8) is 0 Å². The SMILES string of the molecule is O=C(Cc1sc(Nc2ccccc2)nc1-c1ccccc1)Nc1ccc(Cl)cc1. The summed E-state index contributed by atoms with van der Waals surface area (Å²) in [6.07, 6.45) is 0.237. The van der Waals surface area contributed by atoms with Gasteiger partial charge in [-0.25, -0.2) is 4.98 Å². The number of hydrogen-bond donors (Lipinski definition) is 2. The first-order valence-corrected chi connectivity index (χ1v) is 10.3. The summed E-state index contributed by atoms with van der Waals surface area (Å²) in [6.45, 7) is 0. The lowest BCUT2D eigenvalue weighted by Gasteiger charge is -2.05. The maximum absolute atomic E-state index is 12.6. The second-order valence-electron chi connectivity index (χ2n) is 6.38. The number of carbonyl (C=O) groups is 1. The molecule has 1 aromatic heterocycles. The third-order valence-corrected chi connectivity index (χ3v) is 5.44. The average Bonchev–Trinajstić information content (AvgIpc) is 3.13. The molecule has 4 rings (SSSR count). The normalized spacial score (nSPS) is 10.5. The van der Waals surface area contributed by atoms with Crippen molar-refractivity contribution in [1.82, 2.24) is 4.98 Å². The molecule has 4 aromatic rings. The predicted octanol–water partition coefficient (Wildman–Crippen LogP) is 6.39. The molecular weight excluding hydrogens is 402 g/mol. The summed E-state index contributed by atoms with van der Waals surface area (Å²) in [6, 6.07) is 26.8. The van der Waals surface area contributed by atoms with E-state index in [0.717, 1.165) is 27.0 Å². The van der Waals surface area contributed by atoms with E-state index in [4.69, 9.17) is 16.6 Å². The van der Waals surface area contributed by atoms with E-state index in [1.165, 1.54) is 11.3 Å². The van der Waals surface area contributed by atoms with Crippen LogP contribution >= 0.6 is 22.9 Å². The van der Waals surface area contributed by atoms with Gasteiger partial charge < -0.3 is 10.6 Å². The minimum absolute atomic E-state index is 0.0978. The van der Waals surface area contributed by atoms with E-state index in [2.05, 4.69) is 10.6 Å². The average molecular weight is 420 g/mol. The molecule has 6 heteroatoms. The molecule has 2 N–H and O–H groups in total. The molecule has 1 amide bonds. The van der Waals surface area contributed by atoms with Gasteiger partial charge in [0, 0.05) is 26.8 Å². The number of rotatable bonds is 6. The summed E-state index contributed by atoms with van der Waals surface area (Å²) >= 11 is 7.40. The van der Waals surface area contributed by atoms with Crippen LogP contribution in [0.4, 0.5) is 16.5 Å². The summed E-state index contributed by atoms with van der Waals surface area (Å²) in [5.41, 5.74) is 3.48. The molecule has 144 valence electrons. The van der Waals surface area contributed by atoms with E-state index in [1.807, 2.05) is 60.7 Å². The van der Waals surface area contributed by atoms with Crippen LogP contribution in [0.1, 0.15) is 4.88 Å². The van der Waals surface area contributed by atoms with Crippen molar-refractivity contribution in [3.05, 3.63) is 94.8 Å². The van der Waals surface area contributed by atoms with Crippen LogP contribution in [0.2, 0.25) is 5.02 Å². The molecule has 0 saturated carbocycles. The lowest BCUT2D eigenvalue weighted by molar-refractivity contribution is -0.115. The van der Waals surface area contributed by atoms with Gasteiger partial charge in [0.1, 0.15) is 0 Å². The Kier molecular flexibility index (Phi) is 5.89. The summed E-state index contributed by atoms with van der Waals surface area (Å²) < 4.78 is 0. The van der Waals surface area contributed by atoms with Gasteiger partial charge in [0.2, 0.25) is 5.91 Å².